The normalized spacial score (nSPS) is 10.6. The van der Waals surface area contributed by atoms with Gasteiger partial charge in [0.25, 0.3) is 0 Å². The molecular weight excluding hydrogens is 397 g/mol. The van der Waals surface area contributed by atoms with Crippen LogP contribution in [0.2, 0.25) is 0 Å². The Kier molecular flexibility index (Phi) is 5.71. The lowest BCUT2D eigenvalue weighted by molar-refractivity contribution is 0.0473. The molecule has 4 rings (SSSR count). The molecule has 1 heterocycles. The molecule has 0 radical (unpaired) electrons. The first-order valence-electron chi connectivity index (χ1n) is 9.55. The summed E-state index contributed by atoms with van der Waals surface area (Å²) in [4.78, 5) is 29.0. The topological polar surface area (TPSA) is 65.5 Å². The number of hydrogen-bond donors (Lipinski definition) is 0. The lowest BCUT2D eigenvalue weighted by Gasteiger charge is -2.10. The number of esters is 2. The summed E-state index contributed by atoms with van der Waals surface area (Å²) in [5.41, 5.74) is 3.40. The molecule has 0 aliphatic heterocycles. The van der Waals surface area contributed by atoms with Crippen molar-refractivity contribution < 1.29 is 23.5 Å². The van der Waals surface area contributed by atoms with Gasteiger partial charge in [-0.25, -0.2) is 19.0 Å². The molecule has 31 heavy (non-hydrogen) atoms. The number of aromatic nitrogens is 1. The largest absolute Gasteiger partial charge is 0.465 e. The molecule has 0 unspecified atom stereocenters. The first kappa shape index (κ1) is 20.2. The van der Waals surface area contributed by atoms with Gasteiger partial charge in [0.2, 0.25) is 0 Å². The van der Waals surface area contributed by atoms with Crippen molar-refractivity contribution in [3.8, 4) is 11.3 Å². The number of nitrogens with zero attached hydrogens (tertiary/aromatic N) is 1. The summed E-state index contributed by atoms with van der Waals surface area (Å²) >= 11 is 0. The summed E-state index contributed by atoms with van der Waals surface area (Å²) in [5, 5.41) is 0.666. The highest BCUT2D eigenvalue weighted by atomic mass is 19.1. The van der Waals surface area contributed by atoms with Crippen molar-refractivity contribution >= 4 is 22.8 Å². The number of halogens is 1. The third-order valence-corrected chi connectivity index (χ3v) is 4.82. The molecule has 0 fully saturated rings. The number of hydrogen-bond acceptors (Lipinski definition) is 5. The highest BCUT2D eigenvalue weighted by Gasteiger charge is 2.16. The predicted molar refractivity (Wildman–Crippen MR) is 114 cm³/mol. The van der Waals surface area contributed by atoms with Crippen LogP contribution in [0.3, 0.4) is 0 Å². The van der Waals surface area contributed by atoms with Crippen LogP contribution >= 0.6 is 0 Å². The Labute approximate surface area is 178 Å². The van der Waals surface area contributed by atoms with Crippen LogP contribution < -0.4 is 0 Å². The van der Waals surface area contributed by atoms with Crippen LogP contribution in [0, 0.1) is 5.82 Å². The van der Waals surface area contributed by atoms with Gasteiger partial charge in [0, 0.05) is 10.9 Å². The second kappa shape index (κ2) is 8.75. The van der Waals surface area contributed by atoms with Crippen molar-refractivity contribution in [2.75, 3.05) is 7.11 Å². The lowest BCUT2D eigenvalue weighted by atomic mass is 10.0. The van der Waals surface area contributed by atoms with E-state index in [1.807, 2.05) is 18.2 Å². The van der Waals surface area contributed by atoms with Crippen LogP contribution in [0.15, 0.2) is 78.9 Å². The number of methoxy groups -OCH3 is 1. The van der Waals surface area contributed by atoms with Gasteiger partial charge in [0.15, 0.2) is 0 Å². The average Bonchev–Trinajstić information content (AvgIpc) is 2.82. The second-order valence-corrected chi connectivity index (χ2v) is 6.84. The van der Waals surface area contributed by atoms with E-state index in [1.165, 1.54) is 19.2 Å². The fraction of sp³-hybridized carbons (Fsp3) is 0.0800. The maximum absolute atomic E-state index is 13.3. The standard InChI is InChI=1S/C25H18FNO4/c1-30-24(28)18-8-6-16(7-9-18)15-31-25(29)21-14-23(17-10-12-19(26)13-11-17)27-22-5-3-2-4-20(21)22/h2-14H,15H2,1H3. The number of carbonyl (C=O) groups is 2. The zero-order chi connectivity index (χ0) is 21.8. The molecule has 154 valence electrons. The van der Waals surface area contributed by atoms with E-state index in [-0.39, 0.29) is 12.4 Å². The smallest absolute Gasteiger partial charge is 0.339 e. The number of ether oxygens (including phenoxy) is 2. The van der Waals surface area contributed by atoms with E-state index in [9.17, 15) is 14.0 Å². The minimum absolute atomic E-state index is 0.0445. The number of carbonyl (C=O) groups excluding carboxylic acids is 2. The van der Waals surface area contributed by atoms with Crippen LogP contribution in [-0.4, -0.2) is 24.0 Å². The fourth-order valence-electron chi connectivity index (χ4n) is 3.19. The first-order chi connectivity index (χ1) is 15.0. The Morgan fingerprint density at radius 2 is 1.61 bits per heavy atom. The minimum atomic E-state index is -0.501. The van der Waals surface area contributed by atoms with Crippen LogP contribution in [-0.2, 0) is 16.1 Å². The summed E-state index contributed by atoms with van der Waals surface area (Å²) in [7, 11) is 1.32. The highest BCUT2D eigenvalue weighted by Crippen LogP contribution is 2.26. The third kappa shape index (κ3) is 4.43. The number of rotatable bonds is 5. The summed E-state index contributed by atoms with van der Waals surface area (Å²) in [6, 6.07) is 21.5. The zero-order valence-electron chi connectivity index (χ0n) is 16.7. The first-order valence-corrected chi connectivity index (χ1v) is 9.55. The molecule has 1 aromatic heterocycles. The van der Waals surface area contributed by atoms with E-state index in [0.29, 0.717) is 33.3 Å². The van der Waals surface area contributed by atoms with Crippen LogP contribution in [0.4, 0.5) is 4.39 Å². The lowest BCUT2D eigenvalue weighted by Crippen LogP contribution is -2.07. The molecule has 4 aromatic rings. The monoisotopic (exact) mass is 415 g/mol. The molecule has 0 amide bonds. The minimum Gasteiger partial charge on any atom is -0.465 e. The van der Waals surface area contributed by atoms with E-state index >= 15 is 0 Å². The molecule has 0 spiro atoms. The summed E-state index contributed by atoms with van der Waals surface area (Å²) in [6.45, 7) is 0.0445. The maximum atomic E-state index is 13.3. The van der Waals surface area contributed by atoms with Gasteiger partial charge in [-0.05, 0) is 54.1 Å². The highest BCUT2D eigenvalue weighted by molar-refractivity contribution is 6.04. The quantitative estimate of drug-likeness (QED) is 0.420. The van der Waals surface area contributed by atoms with Gasteiger partial charge >= 0.3 is 11.9 Å². The van der Waals surface area contributed by atoms with Gasteiger partial charge in [-0.3, -0.25) is 0 Å². The second-order valence-electron chi connectivity index (χ2n) is 6.84. The Morgan fingerprint density at radius 1 is 0.903 bits per heavy atom. The molecule has 0 aliphatic carbocycles. The third-order valence-electron chi connectivity index (χ3n) is 4.82. The van der Waals surface area contributed by atoms with Gasteiger partial charge in [-0.1, -0.05) is 30.3 Å². The fourth-order valence-corrected chi connectivity index (χ4v) is 3.19. The van der Waals surface area contributed by atoms with Crippen molar-refractivity contribution in [1.29, 1.82) is 0 Å². The number of pyridine rings is 1. The molecular formula is C25H18FNO4. The van der Waals surface area contributed by atoms with Crippen LogP contribution in [0.25, 0.3) is 22.2 Å². The number of para-hydroxylation sites is 1. The molecule has 0 saturated carbocycles. The van der Waals surface area contributed by atoms with Gasteiger partial charge in [0.05, 0.1) is 29.4 Å². The van der Waals surface area contributed by atoms with E-state index < -0.39 is 11.9 Å². The maximum Gasteiger partial charge on any atom is 0.339 e. The molecule has 5 nitrogen and oxygen atoms in total. The Hall–Kier alpha value is -4.06. The van der Waals surface area contributed by atoms with E-state index in [1.54, 1.807) is 48.5 Å². The van der Waals surface area contributed by atoms with Gasteiger partial charge in [-0.2, -0.15) is 0 Å². The molecule has 0 aliphatic rings. The van der Waals surface area contributed by atoms with Crippen molar-refractivity contribution in [2.24, 2.45) is 0 Å². The molecule has 6 heteroatoms. The number of benzene rings is 3. The van der Waals surface area contributed by atoms with Crippen LogP contribution in [0.1, 0.15) is 26.3 Å². The van der Waals surface area contributed by atoms with Crippen LogP contribution in [0.5, 0.6) is 0 Å². The Bertz CT molecular complexity index is 1250. The average molecular weight is 415 g/mol. The van der Waals surface area contributed by atoms with Crippen molar-refractivity contribution in [1.82, 2.24) is 4.98 Å². The molecule has 0 saturated heterocycles. The SMILES string of the molecule is COC(=O)c1ccc(COC(=O)c2cc(-c3ccc(F)cc3)nc3ccccc23)cc1. The van der Waals surface area contributed by atoms with Gasteiger partial charge < -0.3 is 9.47 Å². The van der Waals surface area contributed by atoms with Gasteiger partial charge in [-0.15, -0.1) is 0 Å². The van der Waals surface area contributed by atoms with Crippen molar-refractivity contribution in [3.05, 3.63) is 101 Å². The molecule has 0 N–H and O–H groups in total. The summed E-state index contributed by atoms with van der Waals surface area (Å²) < 4.78 is 23.5. The number of fused-ring (bicyclic) bond motifs is 1. The van der Waals surface area contributed by atoms with E-state index in [2.05, 4.69) is 9.72 Å². The molecule has 3 aromatic carbocycles. The molecule has 0 bridgehead atoms. The van der Waals surface area contributed by atoms with E-state index in [0.717, 1.165) is 5.56 Å². The summed E-state index contributed by atoms with van der Waals surface area (Å²) in [6.07, 6.45) is 0. The molecule has 0 atom stereocenters. The predicted octanol–water partition coefficient (Wildman–Crippen LogP) is 5.18. The zero-order valence-corrected chi connectivity index (χ0v) is 16.7. The Morgan fingerprint density at radius 3 is 2.32 bits per heavy atom. The van der Waals surface area contributed by atoms with E-state index in [4.69, 9.17) is 4.74 Å². The van der Waals surface area contributed by atoms with Crippen molar-refractivity contribution in [3.63, 3.8) is 0 Å². The van der Waals surface area contributed by atoms with Crippen molar-refractivity contribution in [2.45, 2.75) is 6.61 Å². The summed E-state index contributed by atoms with van der Waals surface area (Å²) in [5.74, 6) is -1.28. The van der Waals surface area contributed by atoms with Gasteiger partial charge in [0.1, 0.15) is 12.4 Å². The Balaban J connectivity index is 1.61.